The van der Waals surface area contributed by atoms with Crippen molar-refractivity contribution >= 4 is 0 Å². The van der Waals surface area contributed by atoms with Crippen LogP contribution >= 0.6 is 0 Å². The molecule has 3 nitrogen and oxygen atoms in total. The Balaban J connectivity index is 1.87. The van der Waals surface area contributed by atoms with Gasteiger partial charge in [-0.2, -0.15) is 13.2 Å². The Labute approximate surface area is 139 Å². The Morgan fingerprint density at radius 2 is 1.96 bits per heavy atom. The average molecular weight is 341 g/mol. The van der Waals surface area contributed by atoms with Crippen LogP contribution in [-0.2, 0) is 17.5 Å². The largest absolute Gasteiger partial charge is 0.460 e. The number of hydrogen-bond donors (Lipinski definition) is 1. The van der Waals surface area contributed by atoms with Crippen LogP contribution in [-0.4, -0.2) is 19.3 Å². The number of ether oxygens (including phenoxy) is 1. The van der Waals surface area contributed by atoms with E-state index in [4.69, 9.17) is 9.15 Å². The molecule has 0 amide bonds. The molecular formula is C18H22F3NO2. The highest BCUT2D eigenvalue weighted by molar-refractivity contribution is 5.58. The SMILES string of the molecule is CC(C)OCCCNCc1ccc(-c2cccc(C(F)(F)F)c2)o1. The normalized spacial score (nSPS) is 12.1. The van der Waals surface area contributed by atoms with E-state index in [1.807, 2.05) is 13.8 Å². The smallest absolute Gasteiger partial charge is 0.416 e. The Morgan fingerprint density at radius 3 is 2.67 bits per heavy atom. The number of furan rings is 1. The van der Waals surface area contributed by atoms with Crippen molar-refractivity contribution in [3.63, 3.8) is 0 Å². The van der Waals surface area contributed by atoms with Crippen LogP contribution in [0.3, 0.4) is 0 Å². The number of halogens is 3. The molecule has 0 saturated carbocycles. The first-order valence-corrected chi connectivity index (χ1v) is 7.95. The van der Waals surface area contributed by atoms with E-state index < -0.39 is 11.7 Å². The second kappa shape index (κ2) is 8.35. The van der Waals surface area contributed by atoms with Crippen LogP contribution in [0.25, 0.3) is 11.3 Å². The molecule has 0 saturated heterocycles. The van der Waals surface area contributed by atoms with E-state index >= 15 is 0 Å². The molecule has 1 heterocycles. The second-order valence-electron chi connectivity index (χ2n) is 5.79. The standard InChI is InChI=1S/C18H22F3NO2/c1-13(2)23-10-4-9-22-12-16-7-8-17(24-16)14-5-3-6-15(11-14)18(19,20)21/h3,5-8,11,13,22H,4,9-10,12H2,1-2H3. The molecule has 0 aliphatic carbocycles. The summed E-state index contributed by atoms with van der Waals surface area (Å²) in [6.45, 7) is 5.99. The summed E-state index contributed by atoms with van der Waals surface area (Å²) in [5, 5.41) is 3.22. The summed E-state index contributed by atoms with van der Waals surface area (Å²) in [5.74, 6) is 1.12. The lowest BCUT2D eigenvalue weighted by atomic mass is 10.1. The minimum absolute atomic E-state index is 0.227. The number of rotatable bonds is 8. The molecule has 0 atom stereocenters. The van der Waals surface area contributed by atoms with Gasteiger partial charge in [0.05, 0.1) is 18.2 Å². The van der Waals surface area contributed by atoms with E-state index in [1.165, 1.54) is 6.07 Å². The third-order valence-electron chi connectivity index (χ3n) is 3.38. The molecule has 2 aromatic rings. The monoisotopic (exact) mass is 341 g/mol. The average Bonchev–Trinajstić information content (AvgIpc) is 2.99. The fourth-order valence-electron chi connectivity index (χ4n) is 2.20. The van der Waals surface area contributed by atoms with Crippen LogP contribution in [0, 0.1) is 0 Å². The first kappa shape index (κ1) is 18.5. The first-order chi connectivity index (χ1) is 11.4. The van der Waals surface area contributed by atoms with E-state index in [-0.39, 0.29) is 6.10 Å². The van der Waals surface area contributed by atoms with E-state index in [9.17, 15) is 13.2 Å². The van der Waals surface area contributed by atoms with Crippen molar-refractivity contribution < 1.29 is 22.3 Å². The lowest BCUT2D eigenvalue weighted by molar-refractivity contribution is -0.137. The third kappa shape index (κ3) is 5.69. The van der Waals surface area contributed by atoms with E-state index in [1.54, 1.807) is 18.2 Å². The molecule has 24 heavy (non-hydrogen) atoms. The number of alkyl halides is 3. The molecule has 0 aliphatic rings. The van der Waals surface area contributed by atoms with Gasteiger partial charge in [-0.15, -0.1) is 0 Å². The van der Waals surface area contributed by atoms with Gasteiger partial charge in [0.2, 0.25) is 0 Å². The topological polar surface area (TPSA) is 34.4 Å². The molecule has 1 N–H and O–H groups in total. The number of nitrogens with one attached hydrogen (secondary N) is 1. The van der Waals surface area contributed by atoms with Crippen molar-refractivity contribution in [2.45, 2.75) is 39.1 Å². The van der Waals surface area contributed by atoms with Crippen molar-refractivity contribution in [3.8, 4) is 11.3 Å². The highest BCUT2D eigenvalue weighted by atomic mass is 19.4. The summed E-state index contributed by atoms with van der Waals surface area (Å²) in [6, 6.07) is 8.59. The molecule has 0 spiro atoms. The summed E-state index contributed by atoms with van der Waals surface area (Å²) in [6.07, 6.45) is -3.24. The molecular weight excluding hydrogens is 319 g/mol. The summed E-state index contributed by atoms with van der Waals surface area (Å²) in [5.41, 5.74) is -0.261. The highest BCUT2D eigenvalue weighted by Crippen LogP contribution is 2.32. The molecule has 2 rings (SSSR count). The van der Waals surface area contributed by atoms with Crippen molar-refractivity contribution in [1.29, 1.82) is 0 Å². The van der Waals surface area contributed by atoms with Gasteiger partial charge in [-0.05, 0) is 51.1 Å². The Kier molecular flexibility index (Phi) is 6.45. The lowest BCUT2D eigenvalue weighted by Gasteiger charge is -2.08. The van der Waals surface area contributed by atoms with E-state index in [0.717, 1.165) is 25.1 Å². The fraction of sp³-hybridized carbons (Fsp3) is 0.444. The maximum absolute atomic E-state index is 12.8. The van der Waals surface area contributed by atoms with Crippen molar-refractivity contribution in [1.82, 2.24) is 5.32 Å². The fourth-order valence-corrected chi connectivity index (χ4v) is 2.20. The van der Waals surface area contributed by atoms with Crippen molar-refractivity contribution in [3.05, 3.63) is 47.7 Å². The lowest BCUT2D eigenvalue weighted by Crippen LogP contribution is -2.17. The molecule has 0 aliphatic heterocycles. The zero-order valence-corrected chi connectivity index (χ0v) is 13.8. The third-order valence-corrected chi connectivity index (χ3v) is 3.38. The predicted molar refractivity (Wildman–Crippen MR) is 86.6 cm³/mol. The van der Waals surface area contributed by atoms with Gasteiger partial charge in [-0.3, -0.25) is 0 Å². The predicted octanol–water partition coefficient (Wildman–Crippen LogP) is 4.87. The van der Waals surface area contributed by atoms with Crippen LogP contribution in [0.2, 0.25) is 0 Å². The first-order valence-electron chi connectivity index (χ1n) is 7.95. The number of benzene rings is 1. The van der Waals surface area contributed by atoms with Gasteiger partial charge in [-0.1, -0.05) is 12.1 Å². The quantitative estimate of drug-likeness (QED) is 0.696. The summed E-state index contributed by atoms with van der Waals surface area (Å²) >= 11 is 0. The molecule has 0 fully saturated rings. The molecule has 6 heteroatoms. The van der Waals surface area contributed by atoms with Gasteiger partial charge in [0.1, 0.15) is 11.5 Å². The Bertz CT molecular complexity index is 635. The second-order valence-corrected chi connectivity index (χ2v) is 5.79. The molecule has 132 valence electrons. The van der Waals surface area contributed by atoms with Crippen LogP contribution in [0.15, 0.2) is 40.8 Å². The zero-order chi connectivity index (χ0) is 17.6. The van der Waals surface area contributed by atoms with Gasteiger partial charge in [-0.25, -0.2) is 0 Å². The van der Waals surface area contributed by atoms with Gasteiger partial charge >= 0.3 is 6.18 Å². The molecule has 0 unspecified atom stereocenters. The van der Waals surface area contributed by atoms with Gasteiger partial charge in [0.25, 0.3) is 0 Å². The Morgan fingerprint density at radius 1 is 1.17 bits per heavy atom. The van der Waals surface area contributed by atoms with Crippen molar-refractivity contribution in [2.75, 3.05) is 13.2 Å². The van der Waals surface area contributed by atoms with Gasteiger partial charge in [0, 0.05) is 12.2 Å². The Hall–Kier alpha value is -1.79. The van der Waals surface area contributed by atoms with Crippen LogP contribution in [0.4, 0.5) is 13.2 Å². The van der Waals surface area contributed by atoms with Gasteiger partial charge < -0.3 is 14.5 Å². The van der Waals surface area contributed by atoms with E-state index in [0.29, 0.717) is 30.2 Å². The maximum atomic E-state index is 12.8. The minimum Gasteiger partial charge on any atom is -0.460 e. The zero-order valence-electron chi connectivity index (χ0n) is 13.8. The van der Waals surface area contributed by atoms with E-state index in [2.05, 4.69) is 5.32 Å². The number of hydrogen-bond acceptors (Lipinski definition) is 3. The van der Waals surface area contributed by atoms with Gasteiger partial charge in [0.15, 0.2) is 0 Å². The highest BCUT2D eigenvalue weighted by Gasteiger charge is 2.30. The minimum atomic E-state index is -4.36. The molecule has 0 radical (unpaired) electrons. The maximum Gasteiger partial charge on any atom is 0.416 e. The molecule has 1 aromatic heterocycles. The summed E-state index contributed by atoms with van der Waals surface area (Å²) < 4.78 is 49.3. The van der Waals surface area contributed by atoms with Crippen LogP contribution < -0.4 is 5.32 Å². The van der Waals surface area contributed by atoms with Crippen LogP contribution in [0.1, 0.15) is 31.6 Å². The summed E-state index contributed by atoms with van der Waals surface area (Å²) in [4.78, 5) is 0. The van der Waals surface area contributed by atoms with Crippen LogP contribution in [0.5, 0.6) is 0 Å². The molecule has 1 aromatic carbocycles. The molecule has 0 bridgehead atoms. The summed E-state index contributed by atoms with van der Waals surface area (Å²) in [7, 11) is 0. The van der Waals surface area contributed by atoms with Crippen molar-refractivity contribution in [2.24, 2.45) is 0 Å².